The van der Waals surface area contributed by atoms with E-state index in [1.807, 2.05) is 30.3 Å². The molecule has 25 heavy (non-hydrogen) atoms. The largest absolute Gasteiger partial charge is 0.480 e. The molecule has 0 bridgehead atoms. The number of carbonyl (C=O) groups excluding carboxylic acids is 2. The maximum Gasteiger partial charge on any atom is 0.323 e. The van der Waals surface area contributed by atoms with Gasteiger partial charge in [-0.3, -0.25) is 14.4 Å². The van der Waals surface area contributed by atoms with Crippen LogP contribution in [0.3, 0.4) is 0 Å². The summed E-state index contributed by atoms with van der Waals surface area (Å²) in [5, 5.41) is 11.6. The van der Waals surface area contributed by atoms with E-state index in [0.717, 1.165) is 5.56 Å². The van der Waals surface area contributed by atoms with E-state index in [1.54, 1.807) is 0 Å². The zero-order valence-corrected chi connectivity index (χ0v) is 13.8. The van der Waals surface area contributed by atoms with Crippen LogP contribution in [0.2, 0.25) is 0 Å². The fourth-order valence-electron chi connectivity index (χ4n) is 2.35. The van der Waals surface area contributed by atoms with Gasteiger partial charge in [-0.2, -0.15) is 0 Å². The molecule has 1 aromatic heterocycles. The molecule has 0 aliphatic carbocycles. The summed E-state index contributed by atoms with van der Waals surface area (Å²) in [5.41, 5.74) is 1.30. The highest BCUT2D eigenvalue weighted by Crippen LogP contribution is 2.05. The molecule has 1 unspecified atom stereocenters. The van der Waals surface area contributed by atoms with E-state index in [4.69, 9.17) is 9.52 Å². The summed E-state index contributed by atoms with van der Waals surface area (Å²) in [5.74, 6) is -2.00. The van der Waals surface area contributed by atoms with E-state index in [9.17, 15) is 14.4 Å². The van der Waals surface area contributed by atoms with Gasteiger partial charge in [-0.05, 0) is 25.0 Å². The van der Waals surface area contributed by atoms with Crippen molar-refractivity contribution < 1.29 is 23.9 Å². The van der Waals surface area contributed by atoms with Crippen LogP contribution in [0.5, 0.6) is 0 Å². The number of carbonyl (C=O) groups is 3. The van der Waals surface area contributed by atoms with E-state index in [-0.39, 0.29) is 6.54 Å². The highest BCUT2D eigenvalue weighted by atomic mass is 16.4. The summed E-state index contributed by atoms with van der Waals surface area (Å²) in [6, 6.07) is 10.1. The third-order valence-corrected chi connectivity index (χ3v) is 3.65. The van der Waals surface area contributed by atoms with Crippen LogP contribution in [0.1, 0.15) is 22.8 Å². The number of amides is 2. The van der Waals surface area contributed by atoms with E-state index >= 15 is 0 Å². The Bertz CT molecular complexity index is 712. The van der Waals surface area contributed by atoms with Gasteiger partial charge in [-0.1, -0.05) is 30.3 Å². The number of carboxylic acid groups (broad SMARTS) is 1. The van der Waals surface area contributed by atoms with Gasteiger partial charge in [0.15, 0.2) is 0 Å². The van der Waals surface area contributed by atoms with Gasteiger partial charge in [0.05, 0.1) is 11.8 Å². The van der Waals surface area contributed by atoms with Crippen molar-refractivity contribution in [3.8, 4) is 0 Å². The zero-order chi connectivity index (χ0) is 18.2. The smallest absolute Gasteiger partial charge is 0.323 e. The second-order valence-corrected chi connectivity index (χ2v) is 5.60. The number of benzene rings is 1. The van der Waals surface area contributed by atoms with Crippen LogP contribution in [0.25, 0.3) is 0 Å². The number of carboxylic acids is 1. The Hall–Kier alpha value is -3.09. The molecule has 0 aliphatic rings. The van der Waals surface area contributed by atoms with Crippen LogP contribution in [-0.2, 0) is 16.0 Å². The minimum Gasteiger partial charge on any atom is -0.480 e. The van der Waals surface area contributed by atoms with Crippen molar-refractivity contribution >= 4 is 17.8 Å². The van der Waals surface area contributed by atoms with E-state index in [2.05, 4.69) is 5.32 Å². The van der Waals surface area contributed by atoms with Crippen molar-refractivity contribution in [1.82, 2.24) is 10.2 Å². The van der Waals surface area contributed by atoms with Crippen LogP contribution >= 0.6 is 0 Å². The maximum atomic E-state index is 12.5. The molecule has 1 atom stereocenters. The monoisotopic (exact) mass is 344 g/mol. The fraction of sp³-hybridized carbons (Fsp3) is 0.278. The van der Waals surface area contributed by atoms with E-state index in [0.29, 0.717) is 12.0 Å². The molecule has 0 spiro atoms. The van der Waals surface area contributed by atoms with Gasteiger partial charge in [0.25, 0.3) is 5.91 Å². The second kappa shape index (κ2) is 8.68. The number of hydrogen-bond donors (Lipinski definition) is 2. The van der Waals surface area contributed by atoms with Gasteiger partial charge < -0.3 is 19.7 Å². The molecule has 1 heterocycles. The number of aliphatic carboxylic acids is 1. The first-order valence-corrected chi connectivity index (χ1v) is 7.85. The Morgan fingerprint density at radius 3 is 2.52 bits per heavy atom. The van der Waals surface area contributed by atoms with Gasteiger partial charge >= 0.3 is 5.97 Å². The molecule has 7 nitrogen and oxygen atoms in total. The van der Waals surface area contributed by atoms with Crippen LogP contribution in [0, 0.1) is 0 Å². The lowest BCUT2D eigenvalue weighted by Gasteiger charge is -2.24. The van der Waals surface area contributed by atoms with Gasteiger partial charge in [-0.25, -0.2) is 0 Å². The summed E-state index contributed by atoms with van der Waals surface area (Å²) in [6.45, 7) is 1.36. The number of furan rings is 1. The van der Waals surface area contributed by atoms with Gasteiger partial charge in [0.2, 0.25) is 5.91 Å². The Morgan fingerprint density at radius 2 is 1.92 bits per heavy atom. The minimum absolute atomic E-state index is 0.251. The third-order valence-electron chi connectivity index (χ3n) is 3.65. The van der Waals surface area contributed by atoms with Crippen molar-refractivity contribution in [3.63, 3.8) is 0 Å². The summed E-state index contributed by atoms with van der Waals surface area (Å²) < 4.78 is 4.83. The molecular weight excluding hydrogens is 324 g/mol. The molecule has 132 valence electrons. The lowest BCUT2D eigenvalue weighted by atomic mass is 10.1. The third kappa shape index (κ3) is 5.49. The second-order valence-electron chi connectivity index (χ2n) is 5.60. The number of rotatable bonds is 8. The van der Waals surface area contributed by atoms with Crippen LogP contribution < -0.4 is 5.32 Å². The zero-order valence-electron chi connectivity index (χ0n) is 13.8. The Balaban J connectivity index is 1.98. The lowest BCUT2D eigenvalue weighted by molar-refractivity contribution is -0.145. The lowest BCUT2D eigenvalue weighted by Crippen LogP contribution is -2.49. The van der Waals surface area contributed by atoms with Gasteiger partial charge in [0.1, 0.15) is 18.8 Å². The molecule has 2 aromatic rings. The molecule has 0 saturated heterocycles. The maximum absolute atomic E-state index is 12.5. The van der Waals surface area contributed by atoms with Crippen molar-refractivity contribution in [2.24, 2.45) is 0 Å². The predicted octanol–water partition coefficient (Wildman–Crippen LogP) is 1.55. The van der Waals surface area contributed by atoms with Crippen LogP contribution in [0.15, 0.2) is 53.3 Å². The standard InChI is InChI=1S/C18H20N2O5/c1-13(19-17(23)15-8-10-25-12-15)18(24)20(11-16(21)22)9-7-14-5-3-2-4-6-14/h2-6,8,10,12-13H,7,9,11H2,1H3,(H,19,23)(H,21,22). The highest BCUT2D eigenvalue weighted by molar-refractivity contribution is 5.97. The van der Waals surface area contributed by atoms with E-state index in [1.165, 1.54) is 30.4 Å². The quantitative estimate of drug-likeness (QED) is 0.757. The molecule has 0 radical (unpaired) electrons. The predicted molar refractivity (Wildman–Crippen MR) is 90.0 cm³/mol. The average Bonchev–Trinajstić information content (AvgIpc) is 3.13. The molecule has 0 aliphatic heterocycles. The molecule has 7 heteroatoms. The average molecular weight is 344 g/mol. The molecule has 0 fully saturated rings. The number of hydrogen-bond acceptors (Lipinski definition) is 4. The Morgan fingerprint density at radius 1 is 1.20 bits per heavy atom. The Labute approximate surface area is 145 Å². The first-order valence-electron chi connectivity index (χ1n) is 7.85. The van der Waals surface area contributed by atoms with Crippen molar-refractivity contribution in [1.29, 1.82) is 0 Å². The highest BCUT2D eigenvalue weighted by Gasteiger charge is 2.24. The van der Waals surface area contributed by atoms with Crippen molar-refractivity contribution in [3.05, 3.63) is 60.1 Å². The molecule has 0 saturated carbocycles. The van der Waals surface area contributed by atoms with E-state index < -0.39 is 30.4 Å². The topological polar surface area (TPSA) is 99.9 Å². The SMILES string of the molecule is CC(NC(=O)c1ccoc1)C(=O)N(CCc1ccccc1)CC(=O)O. The number of nitrogens with one attached hydrogen (secondary N) is 1. The van der Waals surface area contributed by atoms with Crippen LogP contribution in [-0.4, -0.2) is 46.9 Å². The normalized spacial score (nSPS) is 11.6. The molecule has 2 amide bonds. The van der Waals surface area contributed by atoms with Crippen molar-refractivity contribution in [2.45, 2.75) is 19.4 Å². The Kier molecular flexibility index (Phi) is 6.33. The first kappa shape index (κ1) is 18.3. The van der Waals surface area contributed by atoms with Crippen molar-refractivity contribution in [2.75, 3.05) is 13.1 Å². The first-order chi connectivity index (χ1) is 12.0. The van der Waals surface area contributed by atoms with Gasteiger partial charge in [0, 0.05) is 6.54 Å². The molecule has 1 aromatic carbocycles. The molecule has 2 N–H and O–H groups in total. The summed E-state index contributed by atoms with van der Waals surface area (Å²) in [6.07, 6.45) is 3.16. The summed E-state index contributed by atoms with van der Waals surface area (Å²) in [4.78, 5) is 36.8. The van der Waals surface area contributed by atoms with Crippen LogP contribution in [0.4, 0.5) is 0 Å². The van der Waals surface area contributed by atoms with Gasteiger partial charge in [-0.15, -0.1) is 0 Å². The number of nitrogens with zero attached hydrogens (tertiary/aromatic N) is 1. The fourth-order valence-corrected chi connectivity index (χ4v) is 2.35. The minimum atomic E-state index is -1.10. The molecular formula is C18H20N2O5. The summed E-state index contributed by atoms with van der Waals surface area (Å²) in [7, 11) is 0. The summed E-state index contributed by atoms with van der Waals surface area (Å²) >= 11 is 0. The molecule has 2 rings (SSSR count).